The van der Waals surface area contributed by atoms with Crippen LogP contribution in [0.25, 0.3) is 22.3 Å². The number of halogens is 1. The summed E-state index contributed by atoms with van der Waals surface area (Å²) >= 11 is 7.17. The largest absolute Gasteiger partial charge is 0.491 e. The molecule has 8 atom stereocenters. The number of ketones is 1. The third kappa shape index (κ3) is 9.99. The van der Waals surface area contributed by atoms with Crippen molar-refractivity contribution in [2.24, 2.45) is 40.4 Å². The molecule has 1 aromatic carbocycles. The van der Waals surface area contributed by atoms with Gasteiger partial charge in [-0.05, 0) is 105 Å². The number of likely N-dealkylation sites (tertiary alicyclic amines) is 1. The number of carbonyl (C=O) groups excluding carboxylic acids is 4. The van der Waals surface area contributed by atoms with Crippen LogP contribution >= 0.6 is 11.6 Å². The topological polar surface area (TPSA) is 163 Å². The molecule has 3 saturated carbocycles. The highest BCUT2D eigenvalue weighted by Gasteiger charge is 2.61. The van der Waals surface area contributed by atoms with Crippen molar-refractivity contribution in [2.45, 2.75) is 104 Å². The molecule has 2 aromatic heterocycles. The standard InChI is InChI=1S/C49H64ClN5O9/c1-8-33-24-49(33,46(59)60-7)25-40(56)39-18-29(26-55(39)45(58)36(48(4,5)6)23-42(57)64-34-20-30-19-31(30)21-34)17-32-22-37(38-27-63-47(53-38)51-28(2)3)52-44-35(32)9-10-41(43(44)50)62-16-13-54-11-14-61-15-12-54/h8-10,22,27-31,33-34,36,39H,1,11-21,23-26H2,2-7H3,(H,51,53)/t29?,30-,31+,33-,34?,36-,39+,49?/m1/s1. The minimum absolute atomic E-state index is 0.0745. The van der Waals surface area contributed by atoms with E-state index in [9.17, 15) is 14.4 Å². The van der Waals surface area contributed by atoms with E-state index in [1.807, 2.05) is 52.8 Å². The Balaban J connectivity index is 1.10. The van der Waals surface area contributed by atoms with Crippen LogP contribution in [0.4, 0.5) is 6.01 Å². The van der Waals surface area contributed by atoms with Crippen molar-refractivity contribution in [3.8, 4) is 17.1 Å². The predicted octanol–water partition coefficient (Wildman–Crippen LogP) is 7.55. The van der Waals surface area contributed by atoms with Crippen molar-refractivity contribution in [1.29, 1.82) is 0 Å². The van der Waals surface area contributed by atoms with Gasteiger partial charge in [0, 0.05) is 44.0 Å². The first-order valence-corrected chi connectivity index (χ1v) is 23.5. The number of amides is 1. The number of allylic oxidation sites excluding steroid dienone is 1. The van der Waals surface area contributed by atoms with Crippen LogP contribution in [0.1, 0.15) is 85.1 Å². The summed E-state index contributed by atoms with van der Waals surface area (Å²) in [6.07, 6.45) is 7.25. The number of morpholine rings is 1. The number of benzene rings is 1. The zero-order valence-electron chi connectivity index (χ0n) is 38.2. The molecule has 1 amide bonds. The number of anilines is 1. The molecule has 0 bridgehead atoms. The fourth-order valence-electron chi connectivity index (χ4n) is 10.4. The van der Waals surface area contributed by atoms with Gasteiger partial charge in [0.25, 0.3) is 6.01 Å². The van der Waals surface area contributed by atoms with Gasteiger partial charge in [-0.2, -0.15) is 4.98 Å². The Hall–Kier alpha value is -4.53. The second kappa shape index (κ2) is 18.8. The normalized spacial score (nSPS) is 27.0. The lowest BCUT2D eigenvalue weighted by atomic mass is 9.77. The SMILES string of the molecule is C=C[C@@H]1CC1(CC(=O)[C@@H]1CC(Cc2cc(-c3coc(NC(C)C)n3)nc3c(Cl)c(OCCN4CCOCC4)ccc23)CN1C(=O)[C@@H](CC(=O)OC1C[C@@H]2C[C@@H]2C1)C(C)(C)C)C(=O)OC. The summed E-state index contributed by atoms with van der Waals surface area (Å²) in [5.74, 6) is -0.624. The number of ether oxygens (including phenoxy) is 4. The maximum Gasteiger partial charge on any atom is 0.312 e. The smallest absolute Gasteiger partial charge is 0.312 e. The second-order valence-corrected chi connectivity index (χ2v) is 20.6. The van der Waals surface area contributed by atoms with Crippen LogP contribution in [-0.4, -0.2) is 115 Å². The van der Waals surface area contributed by atoms with Gasteiger partial charge in [-0.1, -0.05) is 38.4 Å². The fourth-order valence-corrected chi connectivity index (χ4v) is 10.6. The fraction of sp³-hybridized carbons (Fsp3) is 0.633. The Bertz CT molecular complexity index is 2240. The van der Waals surface area contributed by atoms with E-state index in [1.54, 1.807) is 17.2 Å². The Morgan fingerprint density at radius 2 is 1.81 bits per heavy atom. The summed E-state index contributed by atoms with van der Waals surface area (Å²) in [5.41, 5.74) is 0.871. The number of hydrogen-bond donors (Lipinski definition) is 1. The zero-order chi connectivity index (χ0) is 45.5. The molecular weight excluding hydrogens is 838 g/mol. The number of esters is 2. The van der Waals surface area contributed by atoms with E-state index in [1.165, 1.54) is 13.5 Å². The lowest BCUT2D eigenvalue weighted by Crippen LogP contribution is -2.48. The van der Waals surface area contributed by atoms with E-state index < -0.39 is 28.8 Å². The summed E-state index contributed by atoms with van der Waals surface area (Å²) in [6, 6.07) is 5.43. The molecule has 5 aliphatic rings. The van der Waals surface area contributed by atoms with Crippen LogP contribution in [0.2, 0.25) is 5.02 Å². The molecule has 64 heavy (non-hydrogen) atoms. The molecule has 2 aliphatic heterocycles. The lowest BCUT2D eigenvalue weighted by molar-refractivity contribution is -0.157. The number of Topliss-reactive ketones (excluding diaryl/α,β-unsaturated/α-hetero) is 1. The quantitative estimate of drug-likeness (QED) is 0.0985. The average molecular weight is 903 g/mol. The molecule has 0 spiro atoms. The highest BCUT2D eigenvalue weighted by atomic mass is 35.5. The molecule has 3 aromatic rings. The maximum atomic E-state index is 15.0. The van der Waals surface area contributed by atoms with Gasteiger partial charge < -0.3 is 33.6 Å². The van der Waals surface area contributed by atoms with Crippen molar-refractivity contribution in [2.75, 3.05) is 58.4 Å². The molecule has 0 radical (unpaired) electrons. The van der Waals surface area contributed by atoms with Gasteiger partial charge in [0.15, 0.2) is 5.78 Å². The van der Waals surface area contributed by atoms with Crippen LogP contribution in [0, 0.1) is 40.4 Å². The third-order valence-corrected chi connectivity index (χ3v) is 14.5. The summed E-state index contributed by atoms with van der Waals surface area (Å²) in [4.78, 5) is 70.0. The number of carbonyl (C=O) groups is 4. The molecular formula is C49H64ClN5O9. The molecule has 14 nitrogen and oxygen atoms in total. The van der Waals surface area contributed by atoms with Crippen molar-refractivity contribution in [3.05, 3.63) is 47.7 Å². The molecule has 8 rings (SSSR count). The molecule has 15 heteroatoms. The molecule has 3 aliphatic carbocycles. The lowest BCUT2D eigenvalue weighted by Gasteiger charge is -2.35. The minimum atomic E-state index is -1.01. The van der Waals surface area contributed by atoms with Crippen molar-refractivity contribution in [3.63, 3.8) is 0 Å². The van der Waals surface area contributed by atoms with Crippen molar-refractivity contribution < 1.29 is 42.5 Å². The first-order chi connectivity index (χ1) is 30.6. The van der Waals surface area contributed by atoms with Gasteiger partial charge in [-0.25, -0.2) is 4.98 Å². The van der Waals surface area contributed by atoms with Gasteiger partial charge in [-0.3, -0.25) is 24.1 Å². The highest BCUT2D eigenvalue weighted by molar-refractivity contribution is 6.36. The van der Waals surface area contributed by atoms with Crippen LogP contribution in [0.15, 0.2) is 41.5 Å². The van der Waals surface area contributed by atoms with Gasteiger partial charge in [0.1, 0.15) is 35.4 Å². The molecule has 1 N–H and O–H groups in total. The molecule has 2 saturated heterocycles. The number of rotatable bonds is 18. The number of hydrogen-bond acceptors (Lipinski definition) is 13. The van der Waals surface area contributed by atoms with Crippen LogP contribution in [-0.2, 0) is 39.8 Å². The van der Waals surface area contributed by atoms with E-state index in [-0.39, 0.29) is 61.0 Å². The Morgan fingerprint density at radius 1 is 1.06 bits per heavy atom. The first-order valence-electron chi connectivity index (χ1n) is 23.1. The summed E-state index contributed by atoms with van der Waals surface area (Å²) in [5, 5.41) is 4.38. The van der Waals surface area contributed by atoms with Crippen LogP contribution < -0.4 is 10.1 Å². The summed E-state index contributed by atoms with van der Waals surface area (Å²) in [7, 11) is 1.33. The van der Waals surface area contributed by atoms with Crippen LogP contribution in [0.5, 0.6) is 5.75 Å². The summed E-state index contributed by atoms with van der Waals surface area (Å²) < 4.78 is 28.7. The number of aromatic nitrogens is 2. The van der Waals surface area contributed by atoms with E-state index in [0.29, 0.717) is 84.6 Å². The maximum absolute atomic E-state index is 15.0. The van der Waals surface area contributed by atoms with Crippen LogP contribution in [0.3, 0.4) is 0 Å². The number of nitrogens with zero attached hydrogens (tertiary/aromatic N) is 4. The van der Waals surface area contributed by atoms with E-state index >= 15 is 4.79 Å². The Labute approximate surface area is 381 Å². The number of pyridine rings is 1. The Morgan fingerprint density at radius 3 is 2.48 bits per heavy atom. The predicted molar refractivity (Wildman–Crippen MR) is 242 cm³/mol. The van der Waals surface area contributed by atoms with Gasteiger partial charge in [0.05, 0.1) is 55.3 Å². The van der Waals surface area contributed by atoms with Gasteiger partial charge in [0.2, 0.25) is 5.91 Å². The number of fused-ring (bicyclic) bond motifs is 2. The van der Waals surface area contributed by atoms with E-state index in [2.05, 4.69) is 16.8 Å². The first kappa shape index (κ1) is 46.0. The van der Waals surface area contributed by atoms with Crippen molar-refractivity contribution >= 4 is 52.1 Å². The number of oxazole rings is 1. The number of nitrogens with one attached hydrogen (secondary N) is 1. The van der Waals surface area contributed by atoms with Crippen molar-refractivity contribution in [1.82, 2.24) is 19.8 Å². The summed E-state index contributed by atoms with van der Waals surface area (Å²) in [6.45, 7) is 18.3. The van der Waals surface area contributed by atoms with E-state index in [0.717, 1.165) is 43.4 Å². The van der Waals surface area contributed by atoms with Gasteiger partial charge in [-0.15, -0.1) is 6.58 Å². The molecule has 346 valence electrons. The number of methoxy groups -OCH3 is 1. The monoisotopic (exact) mass is 901 g/mol. The molecule has 4 heterocycles. The minimum Gasteiger partial charge on any atom is -0.491 e. The van der Waals surface area contributed by atoms with E-state index in [4.69, 9.17) is 44.9 Å². The average Bonchev–Trinajstić information content (AvgIpc) is 3.92. The molecule has 5 fully saturated rings. The highest BCUT2D eigenvalue weighted by Crippen LogP contribution is 2.57. The third-order valence-electron chi connectivity index (χ3n) is 14.2. The van der Waals surface area contributed by atoms with Gasteiger partial charge >= 0.3 is 11.9 Å². The zero-order valence-corrected chi connectivity index (χ0v) is 38.9. The second-order valence-electron chi connectivity index (χ2n) is 20.2. The Kier molecular flexibility index (Phi) is 13.5. The molecule has 3 unspecified atom stereocenters.